The van der Waals surface area contributed by atoms with Crippen LogP contribution in [0.15, 0.2) is 48.5 Å². The third-order valence-corrected chi connectivity index (χ3v) is 6.54. The van der Waals surface area contributed by atoms with Gasteiger partial charge in [-0.2, -0.15) is 0 Å². The quantitative estimate of drug-likeness (QED) is 0.526. The van der Waals surface area contributed by atoms with E-state index >= 15 is 0 Å². The van der Waals surface area contributed by atoms with Crippen molar-refractivity contribution in [1.29, 1.82) is 0 Å². The van der Waals surface area contributed by atoms with Crippen LogP contribution in [0.5, 0.6) is 0 Å². The SMILES string of the molecule is CCC(C)(NC(=O)OCC1c2ccccc2-c2ccccc21)C(=O)NCCC(C)(C)C(=O)O. The number of rotatable bonds is 9. The maximum Gasteiger partial charge on any atom is 0.408 e. The maximum absolute atomic E-state index is 12.7. The number of hydrogen-bond donors (Lipinski definition) is 3. The molecular weight excluding hydrogens is 420 g/mol. The van der Waals surface area contributed by atoms with Gasteiger partial charge >= 0.3 is 12.1 Å². The summed E-state index contributed by atoms with van der Waals surface area (Å²) in [6.45, 7) is 7.00. The van der Waals surface area contributed by atoms with E-state index in [1.165, 1.54) is 0 Å². The number of benzene rings is 2. The van der Waals surface area contributed by atoms with Gasteiger partial charge in [0.2, 0.25) is 5.91 Å². The minimum Gasteiger partial charge on any atom is -0.481 e. The van der Waals surface area contributed by atoms with Gasteiger partial charge in [0.1, 0.15) is 12.1 Å². The van der Waals surface area contributed by atoms with Gasteiger partial charge in [0, 0.05) is 12.5 Å². The van der Waals surface area contributed by atoms with E-state index in [1.807, 2.05) is 36.4 Å². The third kappa shape index (κ3) is 5.18. The third-order valence-electron chi connectivity index (χ3n) is 6.54. The van der Waals surface area contributed by atoms with Crippen molar-refractivity contribution in [2.75, 3.05) is 13.2 Å². The van der Waals surface area contributed by atoms with Crippen LogP contribution >= 0.6 is 0 Å². The summed E-state index contributed by atoms with van der Waals surface area (Å²) in [5.74, 6) is -1.37. The Labute approximate surface area is 194 Å². The van der Waals surface area contributed by atoms with Gasteiger partial charge in [-0.3, -0.25) is 9.59 Å². The summed E-state index contributed by atoms with van der Waals surface area (Å²) in [5, 5.41) is 14.7. The van der Waals surface area contributed by atoms with Crippen LogP contribution in [0.25, 0.3) is 11.1 Å². The summed E-state index contributed by atoms with van der Waals surface area (Å²) >= 11 is 0. The van der Waals surface area contributed by atoms with E-state index in [0.29, 0.717) is 6.42 Å². The number of amides is 2. The molecule has 0 heterocycles. The highest BCUT2D eigenvalue weighted by Gasteiger charge is 2.35. The summed E-state index contributed by atoms with van der Waals surface area (Å²) in [5.41, 5.74) is 2.40. The van der Waals surface area contributed by atoms with Gasteiger partial charge in [-0.05, 0) is 55.9 Å². The molecule has 1 unspecified atom stereocenters. The van der Waals surface area contributed by atoms with Crippen LogP contribution in [0.3, 0.4) is 0 Å². The average Bonchev–Trinajstić information content (AvgIpc) is 3.11. The molecule has 0 aliphatic heterocycles. The minimum absolute atomic E-state index is 0.0666. The predicted molar refractivity (Wildman–Crippen MR) is 126 cm³/mol. The Balaban J connectivity index is 1.60. The number of hydrogen-bond acceptors (Lipinski definition) is 4. The van der Waals surface area contributed by atoms with Crippen molar-refractivity contribution >= 4 is 18.0 Å². The van der Waals surface area contributed by atoms with Gasteiger partial charge in [0.15, 0.2) is 0 Å². The lowest BCUT2D eigenvalue weighted by Crippen LogP contribution is -2.57. The second-order valence-electron chi connectivity index (χ2n) is 9.33. The summed E-state index contributed by atoms with van der Waals surface area (Å²) in [6.07, 6.45) is -0.0355. The van der Waals surface area contributed by atoms with Crippen molar-refractivity contribution in [2.45, 2.75) is 52.0 Å². The fourth-order valence-corrected chi connectivity index (χ4v) is 3.96. The second-order valence-corrected chi connectivity index (χ2v) is 9.33. The molecule has 1 atom stereocenters. The Morgan fingerprint density at radius 3 is 2.03 bits per heavy atom. The number of carbonyl (C=O) groups excluding carboxylic acids is 2. The zero-order chi connectivity index (χ0) is 24.2. The summed E-state index contributed by atoms with van der Waals surface area (Å²) in [7, 11) is 0. The number of fused-ring (bicyclic) bond motifs is 3. The first-order valence-electron chi connectivity index (χ1n) is 11.2. The number of ether oxygens (including phenoxy) is 1. The van der Waals surface area contributed by atoms with Crippen LogP contribution in [-0.2, 0) is 14.3 Å². The number of nitrogens with one attached hydrogen (secondary N) is 2. The normalized spacial score (nSPS) is 14.5. The summed E-state index contributed by atoms with van der Waals surface area (Å²) in [4.78, 5) is 36.6. The first kappa shape index (κ1) is 24.3. The highest BCUT2D eigenvalue weighted by molar-refractivity contribution is 5.89. The first-order chi connectivity index (χ1) is 15.6. The monoisotopic (exact) mass is 452 g/mol. The van der Waals surface area contributed by atoms with Crippen LogP contribution in [0.4, 0.5) is 4.79 Å². The molecule has 2 amide bonds. The number of alkyl carbamates (subject to hydrolysis) is 1. The van der Waals surface area contributed by atoms with E-state index in [1.54, 1.807) is 27.7 Å². The fourth-order valence-electron chi connectivity index (χ4n) is 3.96. The molecule has 0 radical (unpaired) electrons. The summed E-state index contributed by atoms with van der Waals surface area (Å²) in [6, 6.07) is 16.2. The Morgan fingerprint density at radius 1 is 0.970 bits per heavy atom. The smallest absolute Gasteiger partial charge is 0.408 e. The number of aliphatic carboxylic acids is 1. The van der Waals surface area contributed by atoms with Crippen molar-refractivity contribution in [2.24, 2.45) is 5.41 Å². The van der Waals surface area contributed by atoms with E-state index in [9.17, 15) is 19.5 Å². The van der Waals surface area contributed by atoms with Gasteiger partial charge in [-0.15, -0.1) is 0 Å². The molecule has 7 heteroatoms. The lowest BCUT2D eigenvalue weighted by Gasteiger charge is -2.29. The van der Waals surface area contributed by atoms with Crippen molar-refractivity contribution in [3.05, 3.63) is 59.7 Å². The topological polar surface area (TPSA) is 105 Å². The molecule has 0 spiro atoms. The molecule has 0 bridgehead atoms. The average molecular weight is 453 g/mol. The van der Waals surface area contributed by atoms with E-state index in [0.717, 1.165) is 22.3 Å². The Hall–Kier alpha value is -3.35. The van der Waals surface area contributed by atoms with Gasteiger partial charge in [-0.25, -0.2) is 4.79 Å². The zero-order valence-electron chi connectivity index (χ0n) is 19.6. The fraction of sp³-hybridized carbons (Fsp3) is 0.423. The maximum atomic E-state index is 12.7. The number of carboxylic acid groups (broad SMARTS) is 1. The molecular formula is C26H32N2O5. The van der Waals surface area contributed by atoms with Crippen molar-refractivity contribution < 1.29 is 24.2 Å². The highest BCUT2D eigenvalue weighted by atomic mass is 16.5. The number of carbonyl (C=O) groups is 3. The molecule has 7 nitrogen and oxygen atoms in total. The Bertz CT molecular complexity index is 1000. The molecule has 3 N–H and O–H groups in total. The minimum atomic E-state index is -1.17. The van der Waals surface area contributed by atoms with Gasteiger partial charge in [-0.1, -0.05) is 55.5 Å². The highest BCUT2D eigenvalue weighted by Crippen LogP contribution is 2.44. The predicted octanol–water partition coefficient (Wildman–Crippen LogP) is 4.31. The van der Waals surface area contributed by atoms with Crippen molar-refractivity contribution in [3.63, 3.8) is 0 Å². The molecule has 0 saturated carbocycles. The zero-order valence-corrected chi connectivity index (χ0v) is 19.6. The molecule has 0 saturated heterocycles. The van der Waals surface area contributed by atoms with Gasteiger partial charge < -0.3 is 20.5 Å². The van der Waals surface area contributed by atoms with E-state index in [2.05, 4.69) is 22.8 Å². The first-order valence-corrected chi connectivity index (χ1v) is 11.2. The molecule has 0 aromatic heterocycles. The molecule has 0 fully saturated rings. The number of carboxylic acids is 1. The van der Waals surface area contributed by atoms with Crippen LogP contribution in [0, 0.1) is 5.41 Å². The molecule has 33 heavy (non-hydrogen) atoms. The Kier molecular flexibility index (Phi) is 7.10. The molecule has 2 aromatic rings. The standard InChI is InChI=1S/C26H32N2O5/c1-5-26(4,22(29)27-15-14-25(2,3)23(30)31)28-24(32)33-16-21-19-12-8-6-10-17(19)18-11-7-9-13-20(18)21/h6-13,21H,5,14-16H2,1-4H3,(H,27,29)(H,28,32)(H,30,31). The molecule has 1 aliphatic carbocycles. The lowest BCUT2D eigenvalue weighted by atomic mass is 9.89. The van der Waals surface area contributed by atoms with Gasteiger partial charge in [0.05, 0.1) is 5.41 Å². The second kappa shape index (κ2) is 9.65. The van der Waals surface area contributed by atoms with E-state index < -0.39 is 23.0 Å². The van der Waals surface area contributed by atoms with Crippen molar-refractivity contribution in [3.8, 4) is 11.1 Å². The largest absolute Gasteiger partial charge is 0.481 e. The van der Waals surface area contributed by atoms with Crippen LogP contribution in [0.2, 0.25) is 0 Å². The molecule has 3 rings (SSSR count). The van der Waals surface area contributed by atoms with Crippen molar-refractivity contribution in [1.82, 2.24) is 10.6 Å². The van der Waals surface area contributed by atoms with Crippen LogP contribution in [0.1, 0.15) is 57.6 Å². The molecule has 2 aromatic carbocycles. The molecule has 176 valence electrons. The van der Waals surface area contributed by atoms with E-state index in [-0.39, 0.29) is 31.4 Å². The van der Waals surface area contributed by atoms with E-state index in [4.69, 9.17) is 4.74 Å². The van der Waals surface area contributed by atoms with Crippen LogP contribution < -0.4 is 10.6 Å². The van der Waals surface area contributed by atoms with Gasteiger partial charge in [0.25, 0.3) is 0 Å². The molecule has 1 aliphatic rings. The summed E-state index contributed by atoms with van der Waals surface area (Å²) < 4.78 is 5.57. The lowest BCUT2D eigenvalue weighted by molar-refractivity contribution is -0.147. The van der Waals surface area contributed by atoms with Crippen LogP contribution in [-0.4, -0.2) is 41.8 Å². The Morgan fingerprint density at radius 2 is 1.52 bits per heavy atom.